The highest BCUT2D eigenvalue weighted by atomic mass is 16.5. The second kappa shape index (κ2) is 8.02. The van der Waals surface area contributed by atoms with Crippen LogP contribution in [0.5, 0.6) is 0 Å². The second-order valence-electron chi connectivity index (χ2n) is 8.53. The van der Waals surface area contributed by atoms with Crippen molar-refractivity contribution in [2.45, 2.75) is 31.5 Å². The van der Waals surface area contributed by atoms with Crippen LogP contribution in [0.2, 0.25) is 0 Å². The molecule has 8 heteroatoms. The molecule has 2 aliphatic heterocycles. The fraction of sp³-hybridized carbons (Fsp3) is 0.545. The van der Waals surface area contributed by atoms with Gasteiger partial charge >= 0.3 is 5.76 Å². The quantitative estimate of drug-likeness (QED) is 0.637. The van der Waals surface area contributed by atoms with E-state index in [1.807, 2.05) is 43.7 Å². The van der Waals surface area contributed by atoms with Crippen molar-refractivity contribution < 1.29 is 9.15 Å². The number of fused-ring (bicyclic) bond motifs is 1. The van der Waals surface area contributed by atoms with Crippen LogP contribution in [0.15, 0.2) is 45.9 Å². The lowest BCUT2D eigenvalue weighted by atomic mass is 9.89. The lowest BCUT2D eigenvalue weighted by Crippen LogP contribution is -2.57. The van der Waals surface area contributed by atoms with E-state index in [1.54, 1.807) is 4.57 Å². The molecule has 2 fully saturated rings. The fourth-order valence-corrected chi connectivity index (χ4v) is 4.75. The number of para-hydroxylation sites is 2. The molecule has 0 atom stereocenters. The molecule has 1 aromatic carbocycles. The normalized spacial score (nSPS) is 20.3. The Morgan fingerprint density at radius 2 is 1.93 bits per heavy atom. The van der Waals surface area contributed by atoms with Crippen LogP contribution < -0.4 is 5.76 Å². The van der Waals surface area contributed by atoms with Gasteiger partial charge in [-0.1, -0.05) is 12.1 Å². The Morgan fingerprint density at radius 1 is 1.10 bits per heavy atom. The van der Waals surface area contributed by atoms with Crippen LogP contribution in [0.25, 0.3) is 11.1 Å². The van der Waals surface area contributed by atoms with Crippen molar-refractivity contribution >= 4 is 11.1 Å². The predicted molar refractivity (Wildman–Crippen MR) is 113 cm³/mol. The molecule has 0 unspecified atom stereocenters. The van der Waals surface area contributed by atoms with Gasteiger partial charge < -0.3 is 13.7 Å². The molecule has 0 radical (unpaired) electrons. The van der Waals surface area contributed by atoms with Crippen LogP contribution in [-0.2, 0) is 24.9 Å². The molecule has 4 heterocycles. The standard InChI is InChI=1S/C22H29N5O3/c1-24-11-8-23-20(24)16-25-9-6-22(7-10-25)17-26(14-15-29-22)12-13-27-18-4-2-3-5-19(18)30-21(27)28/h2-5,8,11H,6-7,9-10,12-17H2,1H3. The number of ether oxygens (including phenoxy) is 1. The number of imidazole rings is 1. The van der Waals surface area contributed by atoms with Crippen LogP contribution in [0.1, 0.15) is 18.7 Å². The van der Waals surface area contributed by atoms with Gasteiger partial charge in [0.1, 0.15) is 5.82 Å². The summed E-state index contributed by atoms with van der Waals surface area (Å²) in [5.41, 5.74) is 1.45. The van der Waals surface area contributed by atoms with Crippen molar-refractivity contribution in [3.05, 3.63) is 53.0 Å². The summed E-state index contributed by atoms with van der Waals surface area (Å²) >= 11 is 0. The Kier molecular flexibility index (Phi) is 5.22. The summed E-state index contributed by atoms with van der Waals surface area (Å²) < 4.78 is 15.5. The number of aryl methyl sites for hydroxylation is 1. The van der Waals surface area contributed by atoms with Crippen LogP contribution >= 0.6 is 0 Å². The summed E-state index contributed by atoms with van der Waals surface area (Å²) in [5, 5.41) is 0. The minimum Gasteiger partial charge on any atom is -0.408 e. The van der Waals surface area contributed by atoms with E-state index >= 15 is 0 Å². The largest absolute Gasteiger partial charge is 0.419 e. The first-order chi connectivity index (χ1) is 14.6. The van der Waals surface area contributed by atoms with E-state index in [2.05, 4.69) is 19.4 Å². The van der Waals surface area contributed by atoms with Gasteiger partial charge in [-0.25, -0.2) is 9.78 Å². The fourth-order valence-electron chi connectivity index (χ4n) is 4.75. The first kappa shape index (κ1) is 19.5. The highest BCUT2D eigenvalue weighted by Gasteiger charge is 2.39. The summed E-state index contributed by atoms with van der Waals surface area (Å²) in [5.74, 6) is 0.830. The predicted octanol–water partition coefficient (Wildman–Crippen LogP) is 1.70. The molecule has 5 rings (SSSR count). The Labute approximate surface area is 175 Å². The topological polar surface area (TPSA) is 68.7 Å². The molecule has 2 aromatic heterocycles. The molecule has 0 saturated carbocycles. The van der Waals surface area contributed by atoms with Gasteiger partial charge in [0, 0.05) is 58.7 Å². The van der Waals surface area contributed by atoms with Gasteiger partial charge in [0.2, 0.25) is 0 Å². The van der Waals surface area contributed by atoms with Crippen LogP contribution in [0.3, 0.4) is 0 Å². The van der Waals surface area contributed by atoms with Gasteiger partial charge in [-0.3, -0.25) is 14.4 Å². The highest BCUT2D eigenvalue weighted by Crippen LogP contribution is 2.30. The molecule has 0 amide bonds. The number of hydrogen-bond acceptors (Lipinski definition) is 6. The van der Waals surface area contributed by atoms with E-state index in [-0.39, 0.29) is 11.4 Å². The van der Waals surface area contributed by atoms with E-state index in [0.717, 1.165) is 70.1 Å². The minimum absolute atomic E-state index is 0.0696. The highest BCUT2D eigenvalue weighted by molar-refractivity contribution is 5.72. The summed E-state index contributed by atoms with van der Waals surface area (Å²) in [7, 11) is 2.05. The number of benzene rings is 1. The van der Waals surface area contributed by atoms with Gasteiger partial charge in [-0.05, 0) is 25.0 Å². The molecule has 30 heavy (non-hydrogen) atoms. The Balaban J connectivity index is 1.19. The zero-order valence-electron chi connectivity index (χ0n) is 17.5. The molecule has 2 aliphatic rings. The van der Waals surface area contributed by atoms with E-state index in [4.69, 9.17) is 9.15 Å². The average molecular weight is 412 g/mol. The van der Waals surface area contributed by atoms with E-state index in [1.165, 1.54) is 0 Å². The lowest BCUT2D eigenvalue weighted by molar-refractivity contribution is -0.136. The molecule has 8 nitrogen and oxygen atoms in total. The molecule has 2 saturated heterocycles. The summed E-state index contributed by atoms with van der Waals surface area (Å²) in [6.07, 6.45) is 5.92. The smallest absolute Gasteiger partial charge is 0.408 e. The number of rotatable bonds is 5. The number of morpholine rings is 1. The molecule has 0 bridgehead atoms. The van der Waals surface area contributed by atoms with Crippen molar-refractivity contribution in [1.29, 1.82) is 0 Å². The van der Waals surface area contributed by atoms with E-state index in [0.29, 0.717) is 12.1 Å². The number of likely N-dealkylation sites (tertiary alicyclic amines) is 1. The maximum Gasteiger partial charge on any atom is 0.419 e. The average Bonchev–Trinajstić information content (AvgIpc) is 3.30. The molecule has 0 N–H and O–H groups in total. The number of oxazole rings is 1. The summed E-state index contributed by atoms with van der Waals surface area (Å²) in [4.78, 5) is 21.6. The zero-order valence-corrected chi connectivity index (χ0v) is 17.5. The van der Waals surface area contributed by atoms with Gasteiger partial charge in [-0.15, -0.1) is 0 Å². The third-order valence-corrected chi connectivity index (χ3v) is 6.59. The molecule has 160 valence electrons. The van der Waals surface area contributed by atoms with Crippen molar-refractivity contribution in [2.24, 2.45) is 7.05 Å². The number of piperidine rings is 1. The van der Waals surface area contributed by atoms with Crippen molar-refractivity contribution in [3.8, 4) is 0 Å². The lowest BCUT2D eigenvalue weighted by Gasteiger charge is -2.47. The van der Waals surface area contributed by atoms with E-state index < -0.39 is 0 Å². The summed E-state index contributed by atoms with van der Waals surface area (Å²) in [6, 6.07) is 7.62. The first-order valence-corrected chi connectivity index (χ1v) is 10.8. The first-order valence-electron chi connectivity index (χ1n) is 10.8. The SMILES string of the molecule is Cn1ccnc1CN1CCC2(CC1)CN(CCn1c(=O)oc3ccccc31)CCO2. The minimum atomic E-state index is -0.276. The van der Waals surface area contributed by atoms with E-state index in [9.17, 15) is 4.79 Å². The number of hydrogen-bond donors (Lipinski definition) is 0. The molecule has 0 aliphatic carbocycles. The van der Waals surface area contributed by atoms with Crippen molar-refractivity contribution in [1.82, 2.24) is 23.9 Å². The third kappa shape index (κ3) is 3.82. The monoisotopic (exact) mass is 411 g/mol. The zero-order chi connectivity index (χ0) is 20.6. The van der Waals surface area contributed by atoms with Gasteiger partial charge in [0.05, 0.1) is 24.3 Å². The van der Waals surface area contributed by atoms with Crippen molar-refractivity contribution in [2.75, 3.05) is 39.3 Å². The van der Waals surface area contributed by atoms with Crippen LogP contribution in [0.4, 0.5) is 0 Å². The van der Waals surface area contributed by atoms with Gasteiger partial charge in [-0.2, -0.15) is 0 Å². The molecular weight excluding hydrogens is 382 g/mol. The van der Waals surface area contributed by atoms with Crippen molar-refractivity contribution in [3.63, 3.8) is 0 Å². The number of nitrogens with zero attached hydrogens (tertiary/aromatic N) is 5. The summed E-state index contributed by atoms with van der Waals surface area (Å²) in [6.45, 7) is 6.97. The Morgan fingerprint density at radius 3 is 2.73 bits per heavy atom. The Bertz CT molecular complexity index is 1060. The number of aromatic nitrogens is 3. The Hall–Kier alpha value is -2.42. The molecule has 3 aromatic rings. The van der Waals surface area contributed by atoms with Crippen LogP contribution in [-0.4, -0.2) is 68.8 Å². The third-order valence-electron chi connectivity index (χ3n) is 6.59. The maximum atomic E-state index is 12.2. The van der Waals surface area contributed by atoms with Crippen LogP contribution in [0, 0.1) is 0 Å². The van der Waals surface area contributed by atoms with Gasteiger partial charge in [0.15, 0.2) is 5.58 Å². The molecular formula is C22H29N5O3. The van der Waals surface area contributed by atoms with Gasteiger partial charge in [0.25, 0.3) is 0 Å². The second-order valence-corrected chi connectivity index (χ2v) is 8.53. The molecule has 1 spiro atoms. The maximum absolute atomic E-state index is 12.2.